The van der Waals surface area contributed by atoms with Crippen LogP contribution in [-0.4, -0.2) is 61.8 Å². The van der Waals surface area contributed by atoms with Crippen molar-refractivity contribution in [2.75, 3.05) is 44.7 Å². The molecule has 38 heavy (non-hydrogen) atoms. The van der Waals surface area contributed by atoms with E-state index in [0.29, 0.717) is 17.8 Å². The Morgan fingerprint density at radius 2 is 1.74 bits per heavy atom. The molecule has 1 unspecified atom stereocenters. The predicted octanol–water partition coefficient (Wildman–Crippen LogP) is 5.23. The van der Waals surface area contributed by atoms with Crippen LogP contribution in [0.1, 0.15) is 44.6 Å². The van der Waals surface area contributed by atoms with Crippen LogP contribution < -0.4 is 10.2 Å². The quantitative estimate of drug-likeness (QED) is 0.379. The van der Waals surface area contributed by atoms with E-state index in [-0.39, 0.29) is 28.2 Å². The smallest absolute Gasteiger partial charge is 0.407 e. The van der Waals surface area contributed by atoms with Crippen LogP contribution in [0.3, 0.4) is 0 Å². The third kappa shape index (κ3) is 5.37. The number of rotatable bonds is 8. The number of carbonyl (C=O) groups is 1. The first kappa shape index (κ1) is 26.5. The lowest BCUT2D eigenvalue weighted by Gasteiger charge is -2.49. The monoisotopic (exact) mass is 520 g/mol. The molecule has 2 heterocycles. The van der Waals surface area contributed by atoms with Crippen molar-refractivity contribution in [2.45, 2.75) is 50.5 Å². The van der Waals surface area contributed by atoms with Gasteiger partial charge in [-0.15, -0.1) is 0 Å². The summed E-state index contributed by atoms with van der Waals surface area (Å²) in [5, 5.41) is 13.6. The molecule has 0 bridgehead atoms. The van der Waals surface area contributed by atoms with E-state index in [2.05, 4.69) is 52.4 Å². The van der Waals surface area contributed by atoms with Crippen LogP contribution in [0.25, 0.3) is 0 Å². The van der Waals surface area contributed by atoms with Gasteiger partial charge in [0, 0.05) is 61.8 Å². The number of amides is 1. The lowest BCUT2D eigenvalue weighted by molar-refractivity contribution is -0.384. The van der Waals surface area contributed by atoms with E-state index < -0.39 is 0 Å². The van der Waals surface area contributed by atoms with Crippen molar-refractivity contribution in [3.05, 3.63) is 70.3 Å². The van der Waals surface area contributed by atoms with E-state index in [0.717, 1.165) is 70.5 Å². The topological polar surface area (TPSA) is 88.0 Å². The zero-order chi connectivity index (χ0) is 26.7. The van der Waals surface area contributed by atoms with Gasteiger partial charge in [0.05, 0.1) is 4.92 Å². The van der Waals surface area contributed by atoms with E-state index in [1.54, 1.807) is 19.2 Å². The molecule has 2 aromatic carbocycles. The molecule has 2 saturated heterocycles. The first-order chi connectivity index (χ1) is 18.4. The second-order valence-corrected chi connectivity index (χ2v) is 11.5. The predicted molar refractivity (Wildman–Crippen MR) is 148 cm³/mol. The summed E-state index contributed by atoms with van der Waals surface area (Å²) in [4.78, 5) is 27.6. The van der Waals surface area contributed by atoms with Crippen molar-refractivity contribution < 1.29 is 14.5 Å². The molecule has 1 amide bonds. The summed E-state index contributed by atoms with van der Waals surface area (Å²) in [6, 6.07) is 17.8. The van der Waals surface area contributed by atoms with E-state index in [1.807, 2.05) is 12.1 Å². The minimum atomic E-state index is -0.350. The van der Waals surface area contributed by atoms with Gasteiger partial charge in [-0.1, -0.05) is 37.3 Å². The number of nitro groups is 1. The third-order valence-electron chi connectivity index (χ3n) is 9.42. The molecule has 8 nitrogen and oxygen atoms in total. The number of likely N-dealkylation sites (tertiary alicyclic amines) is 1. The normalized spacial score (nSPS) is 24.4. The Labute approximate surface area is 225 Å². The van der Waals surface area contributed by atoms with Crippen LogP contribution in [0.2, 0.25) is 0 Å². The molecule has 3 aliphatic rings. The molecule has 1 saturated carbocycles. The van der Waals surface area contributed by atoms with E-state index in [9.17, 15) is 14.9 Å². The van der Waals surface area contributed by atoms with E-state index >= 15 is 0 Å². The van der Waals surface area contributed by atoms with Crippen molar-refractivity contribution in [1.29, 1.82) is 0 Å². The van der Waals surface area contributed by atoms with E-state index in [4.69, 9.17) is 4.74 Å². The van der Waals surface area contributed by atoms with Crippen molar-refractivity contribution in [3.8, 4) is 0 Å². The van der Waals surface area contributed by atoms with Gasteiger partial charge in [0.25, 0.3) is 5.69 Å². The number of nitrogens with one attached hydrogen (secondary N) is 1. The van der Waals surface area contributed by atoms with Crippen LogP contribution in [0.15, 0.2) is 54.6 Å². The van der Waals surface area contributed by atoms with Gasteiger partial charge >= 0.3 is 6.09 Å². The molecule has 8 heteroatoms. The highest BCUT2D eigenvalue weighted by atomic mass is 16.6. The van der Waals surface area contributed by atoms with Gasteiger partial charge in [-0.3, -0.25) is 10.1 Å². The zero-order valence-corrected chi connectivity index (χ0v) is 22.6. The van der Waals surface area contributed by atoms with Crippen molar-refractivity contribution in [2.24, 2.45) is 17.8 Å². The summed E-state index contributed by atoms with van der Waals surface area (Å²) < 4.78 is 5.89. The Morgan fingerprint density at radius 1 is 1.05 bits per heavy atom. The maximum Gasteiger partial charge on any atom is 0.407 e. The lowest BCUT2D eigenvalue weighted by atomic mass is 9.60. The fraction of sp³-hybridized carbons (Fsp3) is 0.567. The fourth-order valence-corrected chi connectivity index (χ4v) is 7.26. The van der Waals surface area contributed by atoms with Crippen LogP contribution in [0.5, 0.6) is 0 Å². The Morgan fingerprint density at radius 3 is 2.37 bits per heavy atom. The molecule has 3 atom stereocenters. The average molecular weight is 521 g/mol. The number of non-ortho nitro benzene ring substituents is 1. The number of carbonyl (C=O) groups excluding carboxylic acids is 1. The number of alkyl carbamates (subject to hydrolysis) is 1. The summed E-state index contributed by atoms with van der Waals surface area (Å²) >= 11 is 0. The summed E-state index contributed by atoms with van der Waals surface area (Å²) in [7, 11) is 1.63. The number of hydrogen-bond acceptors (Lipinski definition) is 6. The molecule has 1 N–H and O–H groups in total. The van der Waals surface area contributed by atoms with Gasteiger partial charge in [0.15, 0.2) is 0 Å². The summed E-state index contributed by atoms with van der Waals surface area (Å²) in [6.45, 7) is 7.71. The molecule has 0 spiro atoms. The highest BCUT2D eigenvalue weighted by Gasteiger charge is 2.49. The first-order valence-electron chi connectivity index (χ1n) is 14.0. The average Bonchev–Trinajstić information content (AvgIpc) is 3.39. The highest BCUT2D eigenvalue weighted by molar-refractivity contribution is 5.67. The Balaban J connectivity index is 1.19. The molecule has 1 aliphatic carbocycles. The minimum absolute atomic E-state index is 0.0360. The van der Waals surface area contributed by atoms with Gasteiger partial charge in [0.1, 0.15) is 6.10 Å². The largest absolute Gasteiger partial charge is 0.446 e. The number of benzene rings is 2. The summed E-state index contributed by atoms with van der Waals surface area (Å²) in [5.41, 5.74) is 2.54. The van der Waals surface area contributed by atoms with Gasteiger partial charge in [-0.2, -0.15) is 0 Å². The molecule has 3 fully saturated rings. The van der Waals surface area contributed by atoms with Gasteiger partial charge in [-0.25, -0.2) is 4.79 Å². The van der Waals surface area contributed by atoms with Crippen LogP contribution >= 0.6 is 0 Å². The maximum absolute atomic E-state index is 12.1. The number of nitro benzene ring substituents is 1. The highest BCUT2D eigenvalue weighted by Crippen LogP contribution is 2.51. The van der Waals surface area contributed by atoms with Gasteiger partial charge in [0.2, 0.25) is 0 Å². The third-order valence-corrected chi connectivity index (χ3v) is 9.42. The molecule has 204 valence electrons. The van der Waals surface area contributed by atoms with Gasteiger partial charge in [-0.05, 0) is 68.8 Å². The number of nitrogens with zero attached hydrogens (tertiary/aromatic N) is 3. The second kappa shape index (κ2) is 11.3. The first-order valence-corrected chi connectivity index (χ1v) is 14.0. The Bertz CT molecular complexity index is 1100. The number of ether oxygens (including phenoxy) is 1. The molecule has 0 aromatic heterocycles. The lowest BCUT2D eigenvalue weighted by Crippen LogP contribution is -2.54. The minimum Gasteiger partial charge on any atom is -0.446 e. The fourth-order valence-electron chi connectivity index (χ4n) is 7.26. The Hall–Kier alpha value is -3.13. The number of anilines is 1. The van der Waals surface area contributed by atoms with Crippen LogP contribution in [0.4, 0.5) is 16.2 Å². The molecule has 5 rings (SSSR count). The van der Waals surface area contributed by atoms with Crippen LogP contribution in [0, 0.1) is 27.9 Å². The summed E-state index contributed by atoms with van der Waals surface area (Å²) in [6.07, 6.45) is 5.05. The van der Waals surface area contributed by atoms with Gasteiger partial charge < -0.3 is 19.9 Å². The number of piperidine rings is 1. The molecular formula is C30H40N4O4. The van der Waals surface area contributed by atoms with Crippen molar-refractivity contribution in [1.82, 2.24) is 10.2 Å². The Kier molecular flexibility index (Phi) is 7.88. The SMILES string of the molecule is CNC(=O)O[C@@H]1CCC[C@H]1C(C)(c1ccccc1)C1CCN(CC2CN(c3ccc([N+](=O)[O-])cc3)C2)CC1. The van der Waals surface area contributed by atoms with Crippen molar-refractivity contribution in [3.63, 3.8) is 0 Å². The number of hydrogen-bond donors (Lipinski definition) is 1. The molecule has 2 aliphatic heterocycles. The summed E-state index contributed by atoms with van der Waals surface area (Å²) in [5.74, 6) is 1.49. The molecule has 2 aromatic rings. The molecule has 0 radical (unpaired) electrons. The second-order valence-electron chi connectivity index (χ2n) is 11.5. The van der Waals surface area contributed by atoms with Crippen molar-refractivity contribution >= 4 is 17.5 Å². The maximum atomic E-state index is 12.1. The molecular weight excluding hydrogens is 480 g/mol. The van der Waals surface area contributed by atoms with E-state index in [1.165, 1.54) is 5.56 Å². The van der Waals surface area contributed by atoms with Crippen LogP contribution in [-0.2, 0) is 10.2 Å². The zero-order valence-electron chi connectivity index (χ0n) is 22.6. The standard InChI is InChI=1S/C30H40N4O4/c1-30(23-7-4-3-5-8-23,27-9-6-10-28(27)38-29(35)31-2)24-15-17-32(18-16-24)19-22-20-33(21-22)25-11-13-26(14-12-25)34(36)37/h3-5,7-8,11-14,22,24,27-28H,6,9-10,15-21H2,1-2H3,(H,31,35)/t27-,28-,30?/m1/s1.